The number of phenolic OH excluding ortho intramolecular Hbond substituents is 1. The van der Waals surface area contributed by atoms with Gasteiger partial charge in [0, 0.05) is 18.1 Å². The Balaban J connectivity index is 2.93. The maximum absolute atomic E-state index is 12.1. The first-order chi connectivity index (χ1) is 7.70. The van der Waals surface area contributed by atoms with Gasteiger partial charge in [0.2, 0.25) is 0 Å². The smallest absolute Gasteiger partial charge is 0.257 e. The van der Waals surface area contributed by atoms with Crippen molar-refractivity contribution in [2.24, 2.45) is 5.41 Å². The molecule has 1 aromatic carbocycles. The summed E-state index contributed by atoms with van der Waals surface area (Å²) in [5.74, 6) is -0.155. The van der Waals surface area contributed by atoms with Gasteiger partial charge in [-0.25, -0.2) is 0 Å². The number of phenols is 1. The third-order valence-corrected chi connectivity index (χ3v) is 2.74. The van der Waals surface area contributed by atoms with Crippen LogP contribution in [0.25, 0.3) is 0 Å². The molecule has 0 bridgehead atoms. The molecule has 0 unspecified atom stereocenters. The Labute approximate surface area is 111 Å². The van der Waals surface area contributed by atoms with Crippen LogP contribution in [0.1, 0.15) is 31.1 Å². The number of amides is 1. The second kappa shape index (κ2) is 5.08. The lowest BCUT2D eigenvalue weighted by Gasteiger charge is -2.26. The van der Waals surface area contributed by atoms with Crippen molar-refractivity contribution in [3.63, 3.8) is 0 Å². The minimum absolute atomic E-state index is 0.0129. The SMILES string of the molecule is CN(CC(C)(C)C)C(=O)c1cc(Br)ccc1O. The zero-order valence-corrected chi connectivity index (χ0v) is 12.2. The highest BCUT2D eigenvalue weighted by atomic mass is 79.9. The summed E-state index contributed by atoms with van der Waals surface area (Å²) in [5, 5.41) is 9.68. The molecule has 0 heterocycles. The van der Waals surface area contributed by atoms with Crippen molar-refractivity contribution < 1.29 is 9.90 Å². The Hall–Kier alpha value is -1.03. The van der Waals surface area contributed by atoms with Crippen molar-refractivity contribution in [3.8, 4) is 5.75 Å². The van der Waals surface area contributed by atoms with Crippen molar-refractivity contribution in [1.82, 2.24) is 4.90 Å². The molecule has 0 saturated heterocycles. The van der Waals surface area contributed by atoms with Gasteiger partial charge in [0.05, 0.1) is 5.56 Å². The largest absolute Gasteiger partial charge is 0.507 e. The molecule has 1 rings (SSSR count). The van der Waals surface area contributed by atoms with Crippen LogP contribution in [0.3, 0.4) is 0 Å². The van der Waals surface area contributed by atoms with Gasteiger partial charge in [-0.05, 0) is 23.6 Å². The molecule has 1 N–H and O–H groups in total. The topological polar surface area (TPSA) is 40.5 Å². The van der Waals surface area contributed by atoms with Crippen LogP contribution in [0.2, 0.25) is 0 Å². The van der Waals surface area contributed by atoms with Gasteiger partial charge in [-0.15, -0.1) is 0 Å². The van der Waals surface area contributed by atoms with Gasteiger partial charge in [0.25, 0.3) is 5.91 Å². The molecule has 0 aromatic heterocycles. The van der Waals surface area contributed by atoms with E-state index < -0.39 is 0 Å². The predicted octanol–water partition coefficient (Wildman–Crippen LogP) is 3.27. The molecule has 0 spiro atoms. The molecule has 0 aliphatic heterocycles. The number of aromatic hydroxyl groups is 1. The fourth-order valence-corrected chi connectivity index (χ4v) is 2.03. The first-order valence-electron chi connectivity index (χ1n) is 5.45. The van der Waals surface area contributed by atoms with Gasteiger partial charge in [-0.1, -0.05) is 36.7 Å². The second-order valence-corrected chi connectivity index (χ2v) is 6.30. The normalized spacial score (nSPS) is 11.4. The van der Waals surface area contributed by atoms with Crippen molar-refractivity contribution in [3.05, 3.63) is 28.2 Å². The highest BCUT2D eigenvalue weighted by Gasteiger charge is 2.21. The Morgan fingerprint density at radius 2 is 2.00 bits per heavy atom. The number of benzene rings is 1. The Morgan fingerprint density at radius 1 is 1.41 bits per heavy atom. The molecule has 1 aromatic rings. The lowest BCUT2D eigenvalue weighted by Crippen LogP contribution is -2.34. The summed E-state index contributed by atoms with van der Waals surface area (Å²) in [4.78, 5) is 13.8. The molecule has 0 aliphatic carbocycles. The molecule has 94 valence electrons. The molecule has 0 atom stereocenters. The highest BCUT2D eigenvalue weighted by Crippen LogP contribution is 2.24. The van der Waals surface area contributed by atoms with Crippen molar-refractivity contribution in [2.45, 2.75) is 20.8 Å². The van der Waals surface area contributed by atoms with Crippen LogP contribution in [0.5, 0.6) is 5.75 Å². The van der Waals surface area contributed by atoms with Gasteiger partial charge in [0.15, 0.2) is 0 Å². The number of rotatable bonds is 2. The molecule has 0 fully saturated rings. The van der Waals surface area contributed by atoms with E-state index in [1.165, 1.54) is 6.07 Å². The van der Waals surface area contributed by atoms with Crippen LogP contribution in [0.15, 0.2) is 22.7 Å². The molecular formula is C13H18BrNO2. The molecule has 0 radical (unpaired) electrons. The maximum atomic E-state index is 12.1. The summed E-state index contributed by atoms with van der Waals surface area (Å²) >= 11 is 3.29. The lowest BCUT2D eigenvalue weighted by atomic mass is 9.96. The van der Waals surface area contributed by atoms with E-state index in [4.69, 9.17) is 0 Å². The van der Waals surface area contributed by atoms with Crippen molar-refractivity contribution in [1.29, 1.82) is 0 Å². The third-order valence-electron chi connectivity index (χ3n) is 2.25. The molecule has 0 saturated carbocycles. The van der Waals surface area contributed by atoms with Crippen LogP contribution in [-0.4, -0.2) is 29.5 Å². The summed E-state index contributed by atoms with van der Waals surface area (Å²) < 4.78 is 0.780. The molecule has 17 heavy (non-hydrogen) atoms. The summed E-state index contributed by atoms with van der Waals surface area (Å²) in [6.45, 7) is 6.84. The molecular weight excluding hydrogens is 282 g/mol. The summed E-state index contributed by atoms with van der Waals surface area (Å²) in [6, 6.07) is 4.86. The van der Waals surface area contributed by atoms with E-state index in [1.54, 1.807) is 24.1 Å². The Kier molecular flexibility index (Phi) is 4.20. The number of halogens is 1. The maximum Gasteiger partial charge on any atom is 0.257 e. The molecule has 1 amide bonds. The van der Waals surface area contributed by atoms with E-state index in [0.717, 1.165) is 4.47 Å². The number of hydrogen-bond donors (Lipinski definition) is 1. The third kappa shape index (κ3) is 4.04. The minimum Gasteiger partial charge on any atom is -0.507 e. The Bertz CT molecular complexity index is 424. The van der Waals surface area contributed by atoms with Crippen molar-refractivity contribution in [2.75, 3.05) is 13.6 Å². The van der Waals surface area contributed by atoms with Crippen LogP contribution in [-0.2, 0) is 0 Å². The summed E-state index contributed by atoms with van der Waals surface area (Å²) in [7, 11) is 1.74. The number of nitrogens with zero attached hydrogens (tertiary/aromatic N) is 1. The van der Waals surface area contributed by atoms with Crippen LogP contribution >= 0.6 is 15.9 Å². The summed E-state index contributed by atoms with van der Waals surface area (Å²) in [5.41, 5.74) is 0.359. The first kappa shape index (κ1) is 14.0. The second-order valence-electron chi connectivity index (χ2n) is 5.38. The molecule has 0 aliphatic rings. The van der Waals surface area contributed by atoms with Gasteiger partial charge in [-0.3, -0.25) is 4.79 Å². The van der Waals surface area contributed by atoms with Crippen molar-refractivity contribution >= 4 is 21.8 Å². The van der Waals surface area contributed by atoms with E-state index in [1.807, 2.05) is 0 Å². The number of hydrogen-bond acceptors (Lipinski definition) is 2. The van der Waals surface area contributed by atoms with E-state index in [2.05, 4.69) is 36.7 Å². The quantitative estimate of drug-likeness (QED) is 0.910. The van der Waals surface area contributed by atoms with Crippen LogP contribution in [0.4, 0.5) is 0 Å². The van der Waals surface area contributed by atoms with E-state index in [0.29, 0.717) is 12.1 Å². The fraction of sp³-hybridized carbons (Fsp3) is 0.462. The first-order valence-corrected chi connectivity index (χ1v) is 6.24. The van der Waals surface area contributed by atoms with Gasteiger partial charge in [0.1, 0.15) is 5.75 Å². The number of carbonyl (C=O) groups excluding carboxylic acids is 1. The number of carbonyl (C=O) groups is 1. The standard InChI is InChI=1S/C13H18BrNO2/c1-13(2,3)8-15(4)12(17)10-7-9(14)5-6-11(10)16/h5-7,16H,8H2,1-4H3. The van der Waals surface area contributed by atoms with Gasteiger partial charge < -0.3 is 10.0 Å². The average molecular weight is 300 g/mol. The van der Waals surface area contributed by atoms with E-state index in [-0.39, 0.29) is 17.1 Å². The minimum atomic E-state index is -0.168. The van der Waals surface area contributed by atoms with Gasteiger partial charge >= 0.3 is 0 Å². The molecule has 3 nitrogen and oxygen atoms in total. The summed E-state index contributed by atoms with van der Waals surface area (Å²) in [6.07, 6.45) is 0. The van der Waals surface area contributed by atoms with Crippen LogP contribution in [0, 0.1) is 5.41 Å². The van der Waals surface area contributed by atoms with E-state index in [9.17, 15) is 9.90 Å². The predicted molar refractivity (Wildman–Crippen MR) is 72.2 cm³/mol. The molecule has 4 heteroatoms. The van der Waals surface area contributed by atoms with Crippen LogP contribution < -0.4 is 0 Å². The lowest BCUT2D eigenvalue weighted by molar-refractivity contribution is 0.0742. The fourth-order valence-electron chi connectivity index (χ4n) is 1.67. The monoisotopic (exact) mass is 299 g/mol. The van der Waals surface area contributed by atoms with Gasteiger partial charge in [-0.2, -0.15) is 0 Å². The zero-order valence-electron chi connectivity index (χ0n) is 10.6. The average Bonchev–Trinajstić information content (AvgIpc) is 2.18. The zero-order chi connectivity index (χ0) is 13.2. The Morgan fingerprint density at radius 3 is 2.53 bits per heavy atom. The highest BCUT2D eigenvalue weighted by molar-refractivity contribution is 9.10. The van der Waals surface area contributed by atoms with E-state index >= 15 is 0 Å².